The summed E-state index contributed by atoms with van der Waals surface area (Å²) in [6.45, 7) is 6.34. The van der Waals surface area contributed by atoms with E-state index in [0.29, 0.717) is 22.8 Å². The minimum atomic E-state index is -3.00. The summed E-state index contributed by atoms with van der Waals surface area (Å²) in [6.07, 6.45) is 1.21. The van der Waals surface area contributed by atoms with Crippen LogP contribution in [0.25, 0.3) is 10.2 Å². The zero-order valence-corrected chi connectivity index (χ0v) is 14.9. The maximum atomic E-state index is 12.6. The predicted octanol–water partition coefficient (Wildman–Crippen LogP) is 2.23. The highest BCUT2D eigenvalue weighted by Crippen LogP contribution is 2.28. The van der Waals surface area contributed by atoms with Gasteiger partial charge in [-0.3, -0.25) is 9.36 Å². The van der Waals surface area contributed by atoms with E-state index in [0.717, 1.165) is 15.3 Å². The Hall–Kier alpha value is -0.860. The quantitative estimate of drug-likeness (QED) is 0.613. The maximum Gasteiger partial charge on any atom is 0.263 e. The molecule has 0 aliphatic rings. The van der Waals surface area contributed by atoms with Crippen molar-refractivity contribution in [2.45, 2.75) is 32.5 Å². The molecule has 2 aromatic heterocycles. The molecule has 0 saturated carbocycles. The molecule has 0 bridgehead atoms. The molecule has 2 aromatic rings. The van der Waals surface area contributed by atoms with Crippen LogP contribution in [0.3, 0.4) is 0 Å². The van der Waals surface area contributed by atoms with E-state index in [9.17, 15) is 13.2 Å². The zero-order chi connectivity index (χ0) is 15.8. The minimum Gasteiger partial charge on any atom is -0.287 e. The SMILES string of the molecule is CCn1c(SCCS(C)(=O)=O)nc2sc(C)c(C)c2c1=O. The van der Waals surface area contributed by atoms with Crippen LogP contribution < -0.4 is 5.56 Å². The van der Waals surface area contributed by atoms with E-state index in [1.54, 1.807) is 4.57 Å². The largest absolute Gasteiger partial charge is 0.287 e. The summed E-state index contributed by atoms with van der Waals surface area (Å²) in [5.41, 5.74) is 0.952. The van der Waals surface area contributed by atoms with Gasteiger partial charge in [-0.15, -0.1) is 11.3 Å². The first kappa shape index (κ1) is 16.5. The highest BCUT2D eigenvalue weighted by molar-refractivity contribution is 8.00. The number of fused-ring (bicyclic) bond motifs is 1. The smallest absolute Gasteiger partial charge is 0.263 e. The molecule has 0 fully saturated rings. The molecule has 0 unspecified atom stereocenters. The van der Waals surface area contributed by atoms with E-state index in [2.05, 4.69) is 4.98 Å². The van der Waals surface area contributed by atoms with Gasteiger partial charge in [0.2, 0.25) is 0 Å². The number of sulfone groups is 1. The molecule has 5 nitrogen and oxygen atoms in total. The van der Waals surface area contributed by atoms with Crippen LogP contribution in [0, 0.1) is 13.8 Å². The Morgan fingerprint density at radius 1 is 1.33 bits per heavy atom. The monoisotopic (exact) mass is 346 g/mol. The van der Waals surface area contributed by atoms with Crippen LogP contribution in [0.2, 0.25) is 0 Å². The van der Waals surface area contributed by atoms with Crippen molar-refractivity contribution in [3.05, 3.63) is 20.8 Å². The molecule has 0 spiro atoms. The fourth-order valence-corrected chi connectivity index (χ4v) is 5.31. The molecule has 0 aromatic carbocycles. The summed E-state index contributed by atoms with van der Waals surface area (Å²) in [4.78, 5) is 19.0. The highest BCUT2D eigenvalue weighted by Gasteiger charge is 2.16. The van der Waals surface area contributed by atoms with Crippen molar-refractivity contribution in [1.29, 1.82) is 0 Å². The summed E-state index contributed by atoms with van der Waals surface area (Å²) in [5.74, 6) is 0.484. The molecule has 0 aliphatic heterocycles. The van der Waals surface area contributed by atoms with Gasteiger partial charge in [-0.05, 0) is 26.3 Å². The number of hydrogen-bond donors (Lipinski definition) is 0. The van der Waals surface area contributed by atoms with Gasteiger partial charge in [-0.2, -0.15) is 0 Å². The summed E-state index contributed by atoms with van der Waals surface area (Å²) in [5, 5.41) is 1.28. The second kappa shape index (κ2) is 6.10. The Kier molecular flexibility index (Phi) is 4.79. The van der Waals surface area contributed by atoms with E-state index < -0.39 is 9.84 Å². The number of rotatable bonds is 5. The van der Waals surface area contributed by atoms with Crippen LogP contribution in [0.5, 0.6) is 0 Å². The molecular weight excluding hydrogens is 328 g/mol. The lowest BCUT2D eigenvalue weighted by atomic mass is 10.2. The number of aryl methyl sites for hydroxylation is 2. The first-order valence-electron chi connectivity index (χ1n) is 6.55. The van der Waals surface area contributed by atoms with Crippen molar-refractivity contribution in [1.82, 2.24) is 9.55 Å². The average Bonchev–Trinajstić information content (AvgIpc) is 2.64. The van der Waals surface area contributed by atoms with Gasteiger partial charge in [0.15, 0.2) is 5.16 Å². The van der Waals surface area contributed by atoms with E-state index >= 15 is 0 Å². The van der Waals surface area contributed by atoms with Crippen LogP contribution in [-0.4, -0.2) is 35.7 Å². The highest BCUT2D eigenvalue weighted by atomic mass is 32.2. The number of thioether (sulfide) groups is 1. The summed E-state index contributed by atoms with van der Waals surface area (Å²) >= 11 is 2.83. The summed E-state index contributed by atoms with van der Waals surface area (Å²) in [6, 6.07) is 0. The van der Waals surface area contributed by atoms with Gasteiger partial charge in [0.25, 0.3) is 5.56 Å². The fourth-order valence-electron chi connectivity index (χ4n) is 1.98. The first-order chi connectivity index (χ1) is 9.74. The van der Waals surface area contributed by atoms with Crippen molar-refractivity contribution in [3.63, 3.8) is 0 Å². The lowest BCUT2D eigenvalue weighted by Crippen LogP contribution is -2.22. The standard InChI is InChI=1S/C13H18N2O3S3/c1-5-15-12(16)10-8(2)9(3)20-11(10)14-13(15)19-6-7-21(4,17)18/h5-7H2,1-4H3. The van der Waals surface area contributed by atoms with Crippen molar-refractivity contribution < 1.29 is 8.42 Å². The summed E-state index contributed by atoms with van der Waals surface area (Å²) < 4.78 is 24.0. The number of thiophene rings is 1. The second-order valence-electron chi connectivity index (χ2n) is 4.89. The van der Waals surface area contributed by atoms with Crippen LogP contribution in [0.4, 0.5) is 0 Å². The molecule has 0 aliphatic carbocycles. The molecular formula is C13H18N2O3S3. The van der Waals surface area contributed by atoms with E-state index in [1.807, 2.05) is 20.8 Å². The average molecular weight is 346 g/mol. The van der Waals surface area contributed by atoms with Gasteiger partial charge in [-0.1, -0.05) is 11.8 Å². The Labute approximate surface area is 132 Å². The molecule has 0 saturated heterocycles. The second-order valence-corrected chi connectivity index (χ2v) is 9.41. The third-order valence-electron chi connectivity index (χ3n) is 3.26. The minimum absolute atomic E-state index is 0.0359. The Morgan fingerprint density at radius 3 is 2.57 bits per heavy atom. The molecule has 21 heavy (non-hydrogen) atoms. The predicted molar refractivity (Wildman–Crippen MR) is 89.5 cm³/mol. The molecule has 116 valence electrons. The number of aromatic nitrogens is 2. The van der Waals surface area contributed by atoms with Gasteiger partial charge in [0.1, 0.15) is 14.7 Å². The molecule has 2 heterocycles. The Balaban J connectivity index is 2.46. The molecule has 8 heteroatoms. The molecule has 0 amide bonds. The van der Waals surface area contributed by atoms with Crippen LogP contribution >= 0.6 is 23.1 Å². The topological polar surface area (TPSA) is 69.0 Å². The molecule has 0 radical (unpaired) electrons. The van der Waals surface area contributed by atoms with Crippen molar-refractivity contribution >= 4 is 43.2 Å². The van der Waals surface area contributed by atoms with E-state index in [1.165, 1.54) is 29.4 Å². The van der Waals surface area contributed by atoms with Gasteiger partial charge in [0.05, 0.1) is 11.1 Å². The number of nitrogens with zero attached hydrogens (tertiary/aromatic N) is 2. The molecule has 0 N–H and O–H groups in total. The Morgan fingerprint density at radius 2 is 2.00 bits per heavy atom. The first-order valence-corrected chi connectivity index (χ1v) is 10.4. The van der Waals surface area contributed by atoms with E-state index in [4.69, 9.17) is 0 Å². The van der Waals surface area contributed by atoms with Crippen molar-refractivity contribution in [2.75, 3.05) is 17.8 Å². The lowest BCUT2D eigenvalue weighted by Gasteiger charge is -2.09. The normalized spacial score (nSPS) is 12.2. The van der Waals surface area contributed by atoms with Crippen molar-refractivity contribution in [3.8, 4) is 0 Å². The van der Waals surface area contributed by atoms with E-state index in [-0.39, 0.29) is 11.3 Å². The van der Waals surface area contributed by atoms with Crippen molar-refractivity contribution in [2.24, 2.45) is 0 Å². The van der Waals surface area contributed by atoms with Gasteiger partial charge < -0.3 is 0 Å². The zero-order valence-electron chi connectivity index (χ0n) is 12.5. The van der Waals surface area contributed by atoms with Gasteiger partial charge >= 0.3 is 0 Å². The third-order valence-corrected chi connectivity index (χ3v) is 6.54. The van der Waals surface area contributed by atoms with Crippen LogP contribution in [-0.2, 0) is 16.4 Å². The lowest BCUT2D eigenvalue weighted by molar-refractivity contribution is 0.603. The molecule has 0 atom stereocenters. The molecule has 2 rings (SSSR count). The Bertz CT molecular complexity index is 834. The number of hydrogen-bond acceptors (Lipinski definition) is 6. The van der Waals surface area contributed by atoms with Crippen LogP contribution in [0.15, 0.2) is 9.95 Å². The third kappa shape index (κ3) is 3.49. The fraction of sp³-hybridized carbons (Fsp3) is 0.538. The van der Waals surface area contributed by atoms with Gasteiger partial charge in [0, 0.05) is 23.4 Å². The summed E-state index contributed by atoms with van der Waals surface area (Å²) in [7, 11) is -3.00. The maximum absolute atomic E-state index is 12.6. The van der Waals surface area contributed by atoms with Crippen LogP contribution in [0.1, 0.15) is 17.4 Å². The van der Waals surface area contributed by atoms with Gasteiger partial charge in [-0.25, -0.2) is 13.4 Å².